The first-order chi connectivity index (χ1) is 11.0. The Morgan fingerprint density at radius 2 is 1.91 bits per heavy atom. The zero-order valence-electron chi connectivity index (χ0n) is 12.7. The first-order valence-electron chi connectivity index (χ1n) is 7.17. The summed E-state index contributed by atoms with van der Waals surface area (Å²) in [5.41, 5.74) is -0.249. The van der Waals surface area contributed by atoms with Gasteiger partial charge in [0.15, 0.2) is 5.75 Å². The van der Waals surface area contributed by atoms with E-state index in [0.717, 1.165) is 0 Å². The van der Waals surface area contributed by atoms with Gasteiger partial charge in [0.25, 0.3) is 0 Å². The first-order valence-corrected chi connectivity index (χ1v) is 8.05. The fourth-order valence-corrected chi connectivity index (χ4v) is 3.27. The lowest BCUT2D eigenvalue weighted by molar-refractivity contribution is 0.238. The average Bonchev–Trinajstić information content (AvgIpc) is 2.97. The van der Waals surface area contributed by atoms with Crippen LogP contribution in [-0.2, 0) is 6.54 Å². The number of pyridine rings is 1. The van der Waals surface area contributed by atoms with Crippen LogP contribution >= 0.6 is 11.3 Å². The smallest absolute Gasteiger partial charge is 0.232 e. The zero-order chi connectivity index (χ0) is 16.6. The lowest BCUT2D eigenvalue weighted by Crippen LogP contribution is -2.17. The molecule has 0 aliphatic heterocycles. The molecule has 0 spiro atoms. The molecule has 0 fully saturated rings. The third kappa shape index (κ3) is 2.99. The third-order valence-electron chi connectivity index (χ3n) is 3.40. The number of hydrogen-bond acceptors (Lipinski definition) is 3. The Kier molecular flexibility index (Phi) is 4.17. The molecule has 2 heterocycles. The lowest BCUT2D eigenvalue weighted by atomic mass is 10.2. The topological polar surface area (TPSA) is 31.2 Å². The Morgan fingerprint density at radius 3 is 2.57 bits per heavy atom. The summed E-state index contributed by atoms with van der Waals surface area (Å²) in [6.45, 7) is 3.63. The second-order valence-corrected chi connectivity index (χ2v) is 6.35. The Hall–Kier alpha value is -2.21. The maximum Gasteiger partial charge on any atom is 0.232 e. The van der Waals surface area contributed by atoms with Gasteiger partial charge in [0, 0.05) is 5.56 Å². The van der Waals surface area contributed by atoms with Crippen LogP contribution in [0.15, 0.2) is 40.6 Å². The normalized spacial score (nSPS) is 11.3. The number of benzene rings is 1. The molecule has 1 aromatic carbocycles. The van der Waals surface area contributed by atoms with Crippen molar-refractivity contribution in [2.75, 3.05) is 0 Å². The highest BCUT2D eigenvalue weighted by atomic mass is 32.1. The van der Waals surface area contributed by atoms with Gasteiger partial charge in [-0.3, -0.25) is 4.79 Å². The van der Waals surface area contributed by atoms with E-state index in [1.54, 1.807) is 16.0 Å². The van der Waals surface area contributed by atoms with Crippen molar-refractivity contribution in [1.82, 2.24) is 4.57 Å². The fraction of sp³-hybridized carbons (Fsp3) is 0.235. The molecule has 0 bridgehead atoms. The van der Waals surface area contributed by atoms with E-state index in [1.165, 1.54) is 35.7 Å². The van der Waals surface area contributed by atoms with Crippen LogP contribution in [0.5, 0.6) is 5.75 Å². The van der Waals surface area contributed by atoms with Gasteiger partial charge in [0.1, 0.15) is 16.5 Å². The predicted octanol–water partition coefficient (Wildman–Crippen LogP) is 4.18. The van der Waals surface area contributed by atoms with E-state index < -0.39 is 11.6 Å². The second-order valence-electron chi connectivity index (χ2n) is 5.46. The molecule has 3 rings (SSSR count). The Balaban J connectivity index is 2.15. The number of thiophene rings is 1. The van der Waals surface area contributed by atoms with Crippen LogP contribution < -0.4 is 10.2 Å². The highest BCUT2D eigenvalue weighted by Crippen LogP contribution is 2.24. The van der Waals surface area contributed by atoms with Gasteiger partial charge < -0.3 is 9.30 Å². The van der Waals surface area contributed by atoms with E-state index in [2.05, 4.69) is 0 Å². The Labute approximate surface area is 135 Å². The maximum atomic E-state index is 13.9. The molecule has 2 aromatic heterocycles. The van der Waals surface area contributed by atoms with Crippen LogP contribution in [-0.4, -0.2) is 10.7 Å². The van der Waals surface area contributed by atoms with Crippen LogP contribution in [0.3, 0.4) is 0 Å². The molecule has 0 aliphatic rings. The summed E-state index contributed by atoms with van der Waals surface area (Å²) in [5, 5.41) is 2.27. The van der Waals surface area contributed by atoms with Crippen LogP contribution in [0, 0.1) is 11.6 Å². The molecule has 0 saturated carbocycles. The van der Waals surface area contributed by atoms with E-state index in [1.807, 2.05) is 13.8 Å². The molecule has 0 saturated heterocycles. The molecule has 0 radical (unpaired) electrons. The standard InChI is InChI=1S/C17H15F2NO2S/c1-10(2)22-15-9-20(17-11(16(15)21)6-7-23-17)8-12-13(18)4-3-5-14(12)19/h3-7,9-10H,8H2,1-2H3. The van der Waals surface area contributed by atoms with Crippen LogP contribution in [0.1, 0.15) is 19.4 Å². The third-order valence-corrected chi connectivity index (χ3v) is 4.35. The van der Waals surface area contributed by atoms with Gasteiger partial charge in [0.05, 0.1) is 24.2 Å². The average molecular weight is 335 g/mol. The summed E-state index contributed by atoms with van der Waals surface area (Å²) in [6, 6.07) is 5.47. The molecule has 23 heavy (non-hydrogen) atoms. The molecule has 3 aromatic rings. The zero-order valence-corrected chi connectivity index (χ0v) is 13.5. The van der Waals surface area contributed by atoms with Crippen molar-refractivity contribution >= 4 is 21.6 Å². The van der Waals surface area contributed by atoms with Gasteiger partial charge in [-0.2, -0.15) is 0 Å². The number of aromatic nitrogens is 1. The van der Waals surface area contributed by atoms with Gasteiger partial charge in [-0.25, -0.2) is 8.78 Å². The van der Waals surface area contributed by atoms with Crippen molar-refractivity contribution in [3.63, 3.8) is 0 Å². The predicted molar refractivity (Wildman–Crippen MR) is 87.3 cm³/mol. The van der Waals surface area contributed by atoms with E-state index in [4.69, 9.17) is 4.74 Å². The first kappa shape index (κ1) is 15.7. The van der Waals surface area contributed by atoms with Crippen molar-refractivity contribution in [1.29, 1.82) is 0 Å². The summed E-state index contributed by atoms with van der Waals surface area (Å²) in [6.07, 6.45) is 1.35. The number of ether oxygens (including phenoxy) is 1. The number of hydrogen-bond donors (Lipinski definition) is 0. The molecule has 0 amide bonds. The summed E-state index contributed by atoms with van der Waals surface area (Å²) in [4.78, 5) is 13.0. The molecule has 0 aliphatic carbocycles. The second kappa shape index (κ2) is 6.12. The molecule has 0 N–H and O–H groups in total. The largest absolute Gasteiger partial charge is 0.485 e. The van der Waals surface area contributed by atoms with Gasteiger partial charge in [-0.05, 0) is 37.4 Å². The SMILES string of the molecule is CC(C)Oc1cn(Cc2c(F)cccc2F)c2sccc2c1=O. The van der Waals surface area contributed by atoms with Crippen molar-refractivity contribution in [3.05, 3.63) is 63.3 Å². The summed E-state index contributed by atoms with van der Waals surface area (Å²) >= 11 is 1.35. The number of fused-ring (bicyclic) bond motifs is 1. The molecular weight excluding hydrogens is 320 g/mol. The van der Waals surface area contributed by atoms with Gasteiger partial charge in [0.2, 0.25) is 5.43 Å². The fourth-order valence-electron chi connectivity index (χ4n) is 2.40. The van der Waals surface area contributed by atoms with Crippen molar-refractivity contribution in [2.45, 2.75) is 26.5 Å². The number of rotatable bonds is 4. The van der Waals surface area contributed by atoms with Crippen LogP contribution in [0.2, 0.25) is 0 Å². The lowest BCUT2D eigenvalue weighted by Gasteiger charge is -2.14. The van der Waals surface area contributed by atoms with Gasteiger partial charge in [-0.1, -0.05) is 6.07 Å². The highest BCUT2D eigenvalue weighted by Gasteiger charge is 2.15. The van der Waals surface area contributed by atoms with Gasteiger partial charge in [-0.15, -0.1) is 11.3 Å². The molecule has 3 nitrogen and oxygen atoms in total. The van der Waals surface area contributed by atoms with E-state index in [0.29, 0.717) is 10.2 Å². The quantitative estimate of drug-likeness (QED) is 0.716. The van der Waals surface area contributed by atoms with Crippen LogP contribution in [0.4, 0.5) is 8.78 Å². The maximum absolute atomic E-state index is 13.9. The van der Waals surface area contributed by atoms with E-state index >= 15 is 0 Å². The molecule has 6 heteroatoms. The van der Waals surface area contributed by atoms with Crippen LogP contribution in [0.25, 0.3) is 10.2 Å². The highest BCUT2D eigenvalue weighted by molar-refractivity contribution is 7.16. The number of halogens is 2. The summed E-state index contributed by atoms with van der Waals surface area (Å²) in [7, 11) is 0. The minimum absolute atomic E-state index is 0.00967. The molecule has 0 atom stereocenters. The molecule has 120 valence electrons. The minimum atomic E-state index is -0.611. The Bertz CT molecular complexity index is 894. The molecular formula is C17H15F2NO2S. The van der Waals surface area contributed by atoms with E-state index in [-0.39, 0.29) is 29.4 Å². The summed E-state index contributed by atoms with van der Waals surface area (Å²) < 4.78 is 35.0. The monoisotopic (exact) mass is 335 g/mol. The minimum Gasteiger partial charge on any atom is -0.485 e. The van der Waals surface area contributed by atoms with E-state index in [9.17, 15) is 13.6 Å². The molecule has 0 unspecified atom stereocenters. The van der Waals surface area contributed by atoms with Crippen molar-refractivity contribution < 1.29 is 13.5 Å². The summed E-state index contributed by atoms with van der Waals surface area (Å²) in [5.74, 6) is -1.04. The number of nitrogens with zero attached hydrogens (tertiary/aromatic N) is 1. The Morgan fingerprint density at radius 1 is 1.22 bits per heavy atom. The van der Waals surface area contributed by atoms with Gasteiger partial charge >= 0.3 is 0 Å². The van der Waals surface area contributed by atoms with Crippen molar-refractivity contribution in [3.8, 4) is 5.75 Å². The van der Waals surface area contributed by atoms with Crippen molar-refractivity contribution in [2.24, 2.45) is 0 Å².